The van der Waals surface area contributed by atoms with Gasteiger partial charge in [-0.05, 0) is 39.7 Å². The number of nitrogens with one attached hydrogen (secondary N) is 1. The Morgan fingerprint density at radius 1 is 1.39 bits per heavy atom. The van der Waals surface area contributed by atoms with E-state index < -0.39 is 6.10 Å². The summed E-state index contributed by atoms with van der Waals surface area (Å²) in [5.74, 6) is -0.158. The van der Waals surface area contributed by atoms with E-state index in [9.17, 15) is 9.90 Å². The van der Waals surface area contributed by atoms with E-state index in [2.05, 4.69) is 15.4 Å². The highest BCUT2D eigenvalue weighted by molar-refractivity contribution is 6.05. The second-order valence-corrected chi connectivity index (χ2v) is 6.66. The van der Waals surface area contributed by atoms with Gasteiger partial charge >= 0.3 is 0 Å². The number of carbonyl (C=O) groups excluding carboxylic acids is 1. The van der Waals surface area contributed by atoms with Gasteiger partial charge in [0.1, 0.15) is 0 Å². The number of rotatable bonds is 3. The van der Waals surface area contributed by atoms with E-state index >= 15 is 0 Å². The number of aryl methyl sites for hydroxylation is 1. The van der Waals surface area contributed by atoms with E-state index in [0.717, 1.165) is 42.4 Å². The van der Waals surface area contributed by atoms with Crippen molar-refractivity contribution < 1.29 is 9.90 Å². The van der Waals surface area contributed by atoms with Crippen LogP contribution in [0.25, 0.3) is 11.0 Å². The van der Waals surface area contributed by atoms with Gasteiger partial charge in [0, 0.05) is 11.7 Å². The second kappa shape index (κ2) is 6.28. The molecular formula is C17H24N4O2. The summed E-state index contributed by atoms with van der Waals surface area (Å²) in [6.07, 6.45) is 4.88. The maximum Gasteiger partial charge on any atom is 0.252 e. The van der Waals surface area contributed by atoms with Gasteiger partial charge in [0.05, 0.1) is 29.3 Å². The molecule has 1 saturated carbocycles. The summed E-state index contributed by atoms with van der Waals surface area (Å²) >= 11 is 0. The minimum atomic E-state index is -0.454. The van der Waals surface area contributed by atoms with Gasteiger partial charge in [0.15, 0.2) is 5.65 Å². The summed E-state index contributed by atoms with van der Waals surface area (Å²) < 4.78 is 1.83. The van der Waals surface area contributed by atoms with Crippen LogP contribution in [0, 0.1) is 6.92 Å². The molecule has 3 rings (SSSR count). The van der Waals surface area contributed by atoms with Crippen molar-refractivity contribution in [2.75, 3.05) is 0 Å². The van der Waals surface area contributed by atoms with Gasteiger partial charge < -0.3 is 10.4 Å². The molecule has 0 aromatic carbocycles. The Hall–Kier alpha value is -1.95. The van der Waals surface area contributed by atoms with Crippen LogP contribution in [-0.4, -0.2) is 37.9 Å². The lowest BCUT2D eigenvalue weighted by atomic mass is 9.92. The number of aliphatic hydroxyl groups is 1. The lowest BCUT2D eigenvalue weighted by Crippen LogP contribution is -2.45. The quantitative estimate of drug-likeness (QED) is 0.911. The zero-order chi connectivity index (χ0) is 16.6. The highest BCUT2D eigenvalue weighted by atomic mass is 16.3. The fraction of sp³-hybridized carbons (Fsp3) is 0.588. The predicted molar refractivity (Wildman–Crippen MR) is 88.4 cm³/mol. The first-order chi connectivity index (χ1) is 11.0. The lowest BCUT2D eigenvalue weighted by Gasteiger charge is -2.28. The predicted octanol–water partition coefficient (Wildman–Crippen LogP) is 2.35. The molecule has 1 aliphatic rings. The first kappa shape index (κ1) is 15.9. The van der Waals surface area contributed by atoms with Crippen molar-refractivity contribution in [3.63, 3.8) is 0 Å². The van der Waals surface area contributed by atoms with Crippen LogP contribution < -0.4 is 5.32 Å². The summed E-state index contributed by atoms with van der Waals surface area (Å²) in [5, 5.41) is 18.2. The lowest BCUT2D eigenvalue weighted by molar-refractivity contribution is 0.0718. The standard InChI is InChI=1S/C17H24N4O2/c1-10(2)21-16-13(9-18-21)12(8-11(3)19-16)17(23)20-14-6-4-5-7-15(14)22/h8-10,14-15,22H,4-7H2,1-3H3,(H,20,23). The summed E-state index contributed by atoms with van der Waals surface area (Å²) in [4.78, 5) is 17.2. The Morgan fingerprint density at radius 3 is 2.83 bits per heavy atom. The van der Waals surface area contributed by atoms with E-state index in [1.807, 2.05) is 25.5 Å². The fourth-order valence-corrected chi connectivity index (χ4v) is 3.23. The van der Waals surface area contributed by atoms with E-state index in [1.54, 1.807) is 12.3 Å². The monoisotopic (exact) mass is 316 g/mol. The molecule has 6 heteroatoms. The minimum Gasteiger partial charge on any atom is -0.391 e. The molecule has 2 unspecified atom stereocenters. The molecule has 1 aliphatic carbocycles. The van der Waals surface area contributed by atoms with Gasteiger partial charge in [-0.15, -0.1) is 0 Å². The van der Waals surface area contributed by atoms with Gasteiger partial charge in [-0.3, -0.25) is 4.79 Å². The summed E-state index contributed by atoms with van der Waals surface area (Å²) in [7, 11) is 0. The number of aromatic nitrogens is 3. The Labute approximate surface area is 135 Å². The first-order valence-corrected chi connectivity index (χ1v) is 8.31. The number of pyridine rings is 1. The molecule has 0 radical (unpaired) electrons. The molecule has 2 aromatic rings. The van der Waals surface area contributed by atoms with E-state index in [0.29, 0.717) is 5.56 Å². The van der Waals surface area contributed by atoms with Crippen LogP contribution in [0.4, 0.5) is 0 Å². The molecule has 2 heterocycles. The first-order valence-electron chi connectivity index (χ1n) is 8.31. The van der Waals surface area contributed by atoms with Crippen molar-refractivity contribution >= 4 is 16.9 Å². The third kappa shape index (κ3) is 3.08. The smallest absolute Gasteiger partial charge is 0.252 e. The Morgan fingerprint density at radius 2 is 2.13 bits per heavy atom. The number of fused-ring (bicyclic) bond motifs is 1. The summed E-state index contributed by atoms with van der Waals surface area (Å²) in [5.41, 5.74) is 2.10. The van der Waals surface area contributed by atoms with Crippen LogP contribution in [-0.2, 0) is 0 Å². The number of hydrogen-bond acceptors (Lipinski definition) is 4. The molecule has 0 bridgehead atoms. The average Bonchev–Trinajstić information content (AvgIpc) is 2.92. The van der Waals surface area contributed by atoms with Crippen molar-refractivity contribution in [3.8, 4) is 0 Å². The number of carbonyl (C=O) groups is 1. The fourth-order valence-electron chi connectivity index (χ4n) is 3.23. The molecule has 1 fully saturated rings. The van der Waals surface area contributed by atoms with Gasteiger partial charge in [0.25, 0.3) is 5.91 Å². The molecule has 2 atom stereocenters. The minimum absolute atomic E-state index is 0.158. The number of hydrogen-bond donors (Lipinski definition) is 2. The Bertz CT molecular complexity index is 723. The van der Waals surface area contributed by atoms with Crippen molar-refractivity contribution in [1.29, 1.82) is 0 Å². The zero-order valence-corrected chi connectivity index (χ0v) is 13.9. The van der Waals surface area contributed by atoms with E-state index in [1.165, 1.54) is 0 Å². The molecule has 23 heavy (non-hydrogen) atoms. The topological polar surface area (TPSA) is 80.0 Å². The Balaban J connectivity index is 1.94. The van der Waals surface area contributed by atoms with E-state index in [4.69, 9.17) is 0 Å². The molecule has 124 valence electrons. The number of nitrogens with zero attached hydrogens (tertiary/aromatic N) is 3. The molecule has 1 amide bonds. The van der Waals surface area contributed by atoms with Gasteiger partial charge in [0.2, 0.25) is 0 Å². The normalized spacial score (nSPS) is 21.8. The van der Waals surface area contributed by atoms with Gasteiger partial charge in [-0.1, -0.05) is 12.8 Å². The third-order valence-electron chi connectivity index (χ3n) is 4.47. The van der Waals surface area contributed by atoms with Crippen molar-refractivity contribution in [2.24, 2.45) is 0 Å². The molecule has 2 N–H and O–H groups in total. The van der Waals surface area contributed by atoms with Crippen LogP contribution in [0.5, 0.6) is 0 Å². The molecule has 6 nitrogen and oxygen atoms in total. The maximum atomic E-state index is 12.7. The largest absolute Gasteiger partial charge is 0.391 e. The van der Waals surface area contributed by atoms with Crippen molar-refractivity contribution in [3.05, 3.63) is 23.5 Å². The maximum absolute atomic E-state index is 12.7. The van der Waals surface area contributed by atoms with Crippen LogP contribution >= 0.6 is 0 Å². The van der Waals surface area contributed by atoms with E-state index in [-0.39, 0.29) is 18.0 Å². The number of amides is 1. The third-order valence-corrected chi connectivity index (χ3v) is 4.47. The van der Waals surface area contributed by atoms with Crippen LogP contribution in [0.1, 0.15) is 61.6 Å². The molecule has 0 spiro atoms. The SMILES string of the molecule is Cc1cc(C(=O)NC2CCCCC2O)c2cnn(C(C)C)c2n1. The molecule has 0 saturated heterocycles. The Kier molecular flexibility index (Phi) is 4.35. The number of aliphatic hydroxyl groups excluding tert-OH is 1. The second-order valence-electron chi connectivity index (χ2n) is 6.66. The molecule has 2 aromatic heterocycles. The van der Waals surface area contributed by atoms with Crippen molar-refractivity contribution in [1.82, 2.24) is 20.1 Å². The van der Waals surface area contributed by atoms with Gasteiger partial charge in [-0.25, -0.2) is 9.67 Å². The zero-order valence-electron chi connectivity index (χ0n) is 13.9. The molecule has 0 aliphatic heterocycles. The van der Waals surface area contributed by atoms with Crippen LogP contribution in [0.3, 0.4) is 0 Å². The highest BCUT2D eigenvalue weighted by Crippen LogP contribution is 2.23. The summed E-state index contributed by atoms with van der Waals surface area (Å²) in [6, 6.07) is 1.80. The van der Waals surface area contributed by atoms with Crippen molar-refractivity contribution in [2.45, 2.75) is 64.6 Å². The summed E-state index contributed by atoms with van der Waals surface area (Å²) in [6.45, 7) is 5.95. The van der Waals surface area contributed by atoms with Crippen LogP contribution in [0.15, 0.2) is 12.3 Å². The highest BCUT2D eigenvalue weighted by Gasteiger charge is 2.26. The average molecular weight is 316 g/mol. The van der Waals surface area contributed by atoms with Crippen LogP contribution in [0.2, 0.25) is 0 Å². The van der Waals surface area contributed by atoms with Gasteiger partial charge in [-0.2, -0.15) is 5.10 Å². The molecular weight excluding hydrogens is 292 g/mol.